The molecule has 152 valence electrons. The van der Waals surface area contributed by atoms with E-state index in [0.29, 0.717) is 0 Å². The number of hydrogen-bond donors (Lipinski definition) is 0. The highest BCUT2D eigenvalue weighted by molar-refractivity contribution is 7.89. The number of nitro groups is 1. The smallest absolute Gasteiger partial charge is 0.282 e. The van der Waals surface area contributed by atoms with E-state index in [-0.39, 0.29) is 37.7 Å². The summed E-state index contributed by atoms with van der Waals surface area (Å²) in [6, 6.07) is 5.97. The van der Waals surface area contributed by atoms with Crippen LogP contribution < -0.4 is 0 Å². The fraction of sp³-hybridized carbons (Fsp3) is 0.400. The largest absolute Gasteiger partial charge is 0.435 e. The van der Waals surface area contributed by atoms with Gasteiger partial charge in [-0.25, -0.2) is 8.42 Å². The Bertz CT molecular complexity index is 968. The molecular weight excluding hydrogens is 403 g/mol. The molecule has 2 heterocycles. The molecule has 13 heteroatoms. The van der Waals surface area contributed by atoms with Gasteiger partial charge in [0.2, 0.25) is 10.0 Å². The third-order valence-corrected chi connectivity index (χ3v) is 6.23. The molecule has 0 amide bonds. The fourth-order valence-corrected chi connectivity index (χ4v) is 4.45. The van der Waals surface area contributed by atoms with E-state index in [1.54, 1.807) is 4.90 Å². The Morgan fingerprint density at radius 3 is 2.32 bits per heavy atom. The average Bonchev–Trinajstić information content (AvgIpc) is 3.11. The Morgan fingerprint density at radius 1 is 1.11 bits per heavy atom. The lowest BCUT2D eigenvalue weighted by molar-refractivity contribution is -0.387. The van der Waals surface area contributed by atoms with Crippen LogP contribution in [0, 0.1) is 10.1 Å². The molecule has 0 saturated carbocycles. The van der Waals surface area contributed by atoms with Gasteiger partial charge in [0.15, 0.2) is 10.6 Å². The second kappa shape index (κ2) is 7.48. The number of aromatic nitrogens is 2. The standard InChI is InChI=1S/C15H16F3N5O4S/c16-15(17,18)14-5-6-21(19-14)11-20-7-9-22(10-8-20)28(26,27)13-4-2-1-3-12(13)23(24)25/h1-6H,7-11H2. The molecule has 0 N–H and O–H groups in total. The lowest BCUT2D eigenvalue weighted by Gasteiger charge is -2.33. The van der Waals surface area contributed by atoms with Crippen molar-refractivity contribution in [3.05, 3.63) is 52.3 Å². The summed E-state index contributed by atoms with van der Waals surface area (Å²) in [6.07, 6.45) is -3.32. The van der Waals surface area contributed by atoms with Gasteiger partial charge < -0.3 is 0 Å². The summed E-state index contributed by atoms with van der Waals surface area (Å²) in [5.74, 6) is 0. The van der Waals surface area contributed by atoms with Crippen molar-refractivity contribution in [2.45, 2.75) is 17.7 Å². The summed E-state index contributed by atoms with van der Waals surface area (Å²) in [5.41, 5.74) is -1.49. The first kappa shape index (κ1) is 20.2. The van der Waals surface area contributed by atoms with Gasteiger partial charge in [-0.15, -0.1) is 0 Å². The van der Waals surface area contributed by atoms with Crippen LogP contribution in [-0.4, -0.2) is 58.5 Å². The molecule has 0 bridgehead atoms. The Hall–Kier alpha value is -2.51. The van der Waals surface area contributed by atoms with Gasteiger partial charge in [0.1, 0.15) is 0 Å². The van der Waals surface area contributed by atoms with Crippen molar-refractivity contribution in [3.63, 3.8) is 0 Å². The van der Waals surface area contributed by atoms with Gasteiger partial charge in [-0.3, -0.25) is 19.7 Å². The van der Waals surface area contributed by atoms with Crippen LogP contribution in [0.1, 0.15) is 5.69 Å². The number of halogens is 3. The van der Waals surface area contributed by atoms with E-state index in [1.807, 2.05) is 0 Å². The van der Waals surface area contributed by atoms with Gasteiger partial charge in [-0.1, -0.05) is 12.1 Å². The zero-order valence-electron chi connectivity index (χ0n) is 14.4. The quantitative estimate of drug-likeness (QED) is 0.541. The van der Waals surface area contributed by atoms with Gasteiger partial charge in [0, 0.05) is 38.4 Å². The molecular formula is C15H16F3N5O4S. The van der Waals surface area contributed by atoms with E-state index in [0.717, 1.165) is 21.1 Å². The Labute approximate surface area is 158 Å². The van der Waals surface area contributed by atoms with E-state index >= 15 is 0 Å². The van der Waals surface area contributed by atoms with E-state index in [9.17, 15) is 31.7 Å². The Kier molecular flexibility index (Phi) is 5.41. The predicted molar refractivity (Wildman–Crippen MR) is 90.7 cm³/mol. The summed E-state index contributed by atoms with van der Waals surface area (Å²) in [4.78, 5) is 11.7. The lowest BCUT2D eigenvalue weighted by atomic mass is 10.3. The molecule has 3 rings (SSSR count). The fourth-order valence-electron chi connectivity index (χ4n) is 2.87. The number of rotatable bonds is 5. The average molecular weight is 419 g/mol. The maximum atomic E-state index is 12.8. The highest BCUT2D eigenvalue weighted by atomic mass is 32.2. The van der Waals surface area contributed by atoms with Gasteiger partial charge in [0.25, 0.3) is 5.69 Å². The van der Waals surface area contributed by atoms with E-state index in [2.05, 4.69) is 5.10 Å². The third kappa shape index (κ3) is 4.15. The van der Waals surface area contributed by atoms with E-state index < -0.39 is 32.5 Å². The van der Waals surface area contributed by atoms with Crippen molar-refractivity contribution in [1.82, 2.24) is 19.0 Å². The van der Waals surface area contributed by atoms with Gasteiger partial charge in [0.05, 0.1) is 11.6 Å². The highest BCUT2D eigenvalue weighted by Crippen LogP contribution is 2.28. The molecule has 2 aromatic rings. The van der Waals surface area contributed by atoms with Crippen LogP contribution in [0.3, 0.4) is 0 Å². The van der Waals surface area contributed by atoms with Crippen molar-refractivity contribution >= 4 is 15.7 Å². The summed E-state index contributed by atoms with van der Waals surface area (Å²) in [7, 11) is -4.06. The second-order valence-corrected chi connectivity index (χ2v) is 8.03. The van der Waals surface area contributed by atoms with E-state index in [1.165, 1.54) is 24.4 Å². The number of benzene rings is 1. The molecule has 0 spiro atoms. The molecule has 1 aliphatic rings. The maximum Gasteiger partial charge on any atom is 0.435 e. The topological polar surface area (TPSA) is 102 Å². The number of hydrogen-bond acceptors (Lipinski definition) is 6. The third-order valence-electron chi connectivity index (χ3n) is 4.29. The lowest BCUT2D eigenvalue weighted by Crippen LogP contribution is -2.49. The Balaban J connectivity index is 1.67. The molecule has 1 aromatic carbocycles. The highest BCUT2D eigenvalue weighted by Gasteiger charge is 2.35. The number of nitrogens with zero attached hydrogens (tertiary/aromatic N) is 5. The Morgan fingerprint density at radius 2 is 1.75 bits per heavy atom. The SMILES string of the molecule is O=[N+]([O-])c1ccccc1S(=O)(=O)N1CCN(Cn2ccc(C(F)(F)F)n2)CC1. The van der Waals surface area contributed by atoms with Crippen LogP contribution in [0.4, 0.5) is 18.9 Å². The van der Waals surface area contributed by atoms with Crippen molar-refractivity contribution in [2.75, 3.05) is 26.2 Å². The second-order valence-electron chi connectivity index (χ2n) is 6.13. The minimum atomic E-state index is -4.53. The van der Waals surface area contributed by atoms with Crippen LogP contribution >= 0.6 is 0 Å². The molecule has 1 aliphatic heterocycles. The first-order chi connectivity index (χ1) is 13.1. The summed E-state index contributed by atoms with van der Waals surface area (Å²) < 4.78 is 65.6. The molecule has 0 aliphatic carbocycles. The first-order valence-electron chi connectivity index (χ1n) is 8.15. The number of piperazine rings is 1. The molecule has 1 saturated heterocycles. The van der Waals surface area contributed by atoms with Crippen molar-refractivity contribution in [3.8, 4) is 0 Å². The molecule has 0 radical (unpaired) electrons. The first-order valence-corrected chi connectivity index (χ1v) is 9.59. The van der Waals surface area contributed by atoms with Crippen molar-refractivity contribution in [1.29, 1.82) is 0 Å². The minimum absolute atomic E-state index is 0.0573. The summed E-state index contributed by atoms with van der Waals surface area (Å²) in [6.45, 7) is 0.696. The zero-order chi connectivity index (χ0) is 20.5. The van der Waals surface area contributed by atoms with Crippen molar-refractivity contribution in [2.24, 2.45) is 0 Å². The number of alkyl halides is 3. The molecule has 0 atom stereocenters. The summed E-state index contributed by atoms with van der Waals surface area (Å²) >= 11 is 0. The molecule has 1 aromatic heterocycles. The van der Waals surface area contributed by atoms with E-state index in [4.69, 9.17) is 0 Å². The minimum Gasteiger partial charge on any atom is -0.282 e. The molecule has 1 fully saturated rings. The van der Waals surface area contributed by atoms with Crippen molar-refractivity contribution < 1.29 is 26.5 Å². The summed E-state index contributed by atoms with van der Waals surface area (Å²) in [5, 5.41) is 14.6. The normalized spacial score (nSPS) is 17.0. The van der Waals surface area contributed by atoms with Crippen LogP contribution in [0.25, 0.3) is 0 Å². The van der Waals surface area contributed by atoms with Crippen LogP contribution in [-0.2, 0) is 22.9 Å². The van der Waals surface area contributed by atoms with Gasteiger partial charge in [-0.05, 0) is 12.1 Å². The maximum absolute atomic E-state index is 12.8. The molecule has 9 nitrogen and oxygen atoms in total. The zero-order valence-corrected chi connectivity index (χ0v) is 15.2. The van der Waals surface area contributed by atoms with Crippen LogP contribution in [0.2, 0.25) is 0 Å². The van der Waals surface area contributed by atoms with Crippen LogP contribution in [0.5, 0.6) is 0 Å². The van der Waals surface area contributed by atoms with Gasteiger partial charge >= 0.3 is 6.18 Å². The van der Waals surface area contributed by atoms with Crippen LogP contribution in [0.15, 0.2) is 41.4 Å². The number of sulfonamides is 1. The molecule has 28 heavy (non-hydrogen) atoms. The monoisotopic (exact) mass is 419 g/mol. The van der Waals surface area contributed by atoms with Gasteiger partial charge in [-0.2, -0.15) is 22.6 Å². The number of para-hydroxylation sites is 1. The number of nitro benzene ring substituents is 1. The predicted octanol–water partition coefficient (Wildman–Crippen LogP) is 1.77. The molecule has 0 unspecified atom stereocenters.